The molecule has 1 heterocycles. The average Bonchev–Trinajstić information content (AvgIpc) is 3.60. The minimum Gasteiger partial charge on any atom is -0.491 e. The number of hydrogen-bond donors (Lipinski definition) is 1. The molecule has 0 radical (unpaired) electrons. The molecule has 1 aromatic rings. The van der Waals surface area contributed by atoms with Gasteiger partial charge in [0.1, 0.15) is 12.4 Å². The zero-order valence-electron chi connectivity index (χ0n) is 19.5. The summed E-state index contributed by atoms with van der Waals surface area (Å²) in [7, 11) is 3.50. The number of carbonyl (C=O) groups excluding carboxylic acids is 2. The Kier molecular flexibility index (Phi) is 7.94. The van der Waals surface area contributed by atoms with E-state index in [0.29, 0.717) is 30.2 Å². The fraction of sp³-hybridized carbons (Fsp3) is 0.667. The van der Waals surface area contributed by atoms with Crippen LogP contribution in [0.2, 0.25) is 0 Å². The van der Waals surface area contributed by atoms with Gasteiger partial charge in [0.15, 0.2) is 0 Å². The molecule has 1 saturated carbocycles. The van der Waals surface area contributed by atoms with Crippen LogP contribution in [-0.2, 0) is 9.53 Å². The van der Waals surface area contributed by atoms with Crippen LogP contribution in [0.1, 0.15) is 50.4 Å². The maximum atomic E-state index is 13.3. The number of benzene rings is 1. The van der Waals surface area contributed by atoms with Gasteiger partial charge in [-0.15, -0.1) is 0 Å². The fourth-order valence-corrected chi connectivity index (χ4v) is 4.12. The molecular weight excluding hydrogens is 394 g/mol. The lowest BCUT2D eigenvalue weighted by Crippen LogP contribution is -2.46. The molecule has 1 aliphatic heterocycles. The third-order valence-electron chi connectivity index (χ3n) is 6.30. The van der Waals surface area contributed by atoms with Crippen molar-refractivity contribution in [3.8, 4) is 5.75 Å². The van der Waals surface area contributed by atoms with Gasteiger partial charge in [0.05, 0.1) is 11.7 Å². The van der Waals surface area contributed by atoms with Gasteiger partial charge in [-0.05, 0) is 56.8 Å². The molecule has 0 saturated heterocycles. The van der Waals surface area contributed by atoms with E-state index < -0.39 is 0 Å². The van der Waals surface area contributed by atoms with Crippen molar-refractivity contribution >= 4 is 17.5 Å². The highest BCUT2D eigenvalue weighted by atomic mass is 16.5. The third-order valence-corrected chi connectivity index (χ3v) is 6.30. The molecule has 1 N–H and O–H groups in total. The van der Waals surface area contributed by atoms with Gasteiger partial charge in [-0.25, -0.2) is 0 Å². The molecule has 0 unspecified atom stereocenters. The Balaban J connectivity index is 1.90. The zero-order chi connectivity index (χ0) is 22.5. The number of rotatable bonds is 5. The molecule has 3 atom stereocenters. The van der Waals surface area contributed by atoms with E-state index in [1.807, 2.05) is 6.07 Å². The van der Waals surface area contributed by atoms with Crippen LogP contribution in [0.3, 0.4) is 0 Å². The quantitative estimate of drug-likeness (QED) is 0.775. The molecule has 7 heteroatoms. The second kappa shape index (κ2) is 10.5. The van der Waals surface area contributed by atoms with E-state index in [1.165, 1.54) is 0 Å². The average molecular weight is 432 g/mol. The van der Waals surface area contributed by atoms with Crippen molar-refractivity contribution in [1.29, 1.82) is 0 Å². The van der Waals surface area contributed by atoms with Gasteiger partial charge in [0, 0.05) is 44.9 Å². The van der Waals surface area contributed by atoms with Gasteiger partial charge in [-0.2, -0.15) is 0 Å². The van der Waals surface area contributed by atoms with Crippen LogP contribution < -0.4 is 10.1 Å². The summed E-state index contributed by atoms with van der Waals surface area (Å²) < 4.78 is 11.9. The Morgan fingerprint density at radius 1 is 1.26 bits per heavy atom. The van der Waals surface area contributed by atoms with E-state index in [1.54, 1.807) is 31.2 Å². The Morgan fingerprint density at radius 3 is 2.65 bits per heavy atom. The van der Waals surface area contributed by atoms with Gasteiger partial charge in [0.2, 0.25) is 5.91 Å². The van der Waals surface area contributed by atoms with E-state index in [4.69, 9.17) is 9.47 Å². The van der Waals surface area contributed by atoms with Crippen molar-refractivity contribution in [3.63, 3.8) is 0 Å². The summed E-state index contributed by atoms with van der Waals surface area (Å²) >= 11 is 0. The van der Waals surface area contributed by atoms with Crippen molar-refractivity contribution in [3.05, 3.63) is 23.8 Å². The molecule has 1 fully saturated rings. The highest BCUT2D eigenvalue weighted by molar-refractivity contribution is 6.00. The summed E-state index contributed by atoms with van der Waals surface area (Å²) in [6.07, 6.45) is 2.87. The number of ether oxygens (including phenoxy) is 2. The Bertz CT molecular complexity index is 780. The highest BCUT2D eigenvalue weighted by Gasteiger charge is 2.31. The normalized spacial score (nSPS) is 25.8. The van der Waals surface area contributed by atoms with Gasteiger partial charge in [0.25, 0.3) is 5.91 Å². The molecule has 0 aromatic heterocycles. The molecule has 1 aliphatic carbocycles. The lowest BCUT2D eigenvalue weighted by Gasteiger charge is -2.35. The minimum atomic E-state index is -0.134. The summed E-state index contributed by atoms with van der Waals surface area (Å²) in [5.74, 6) is 0.798. The number of nitrogens with one attached hydrogen (secondary N) is 1. The zero-order valence-corrected chi connectivity index (χ0v) is 19.5. The van der Waals surface area contributed by atoms with Gasteiger partial charge in [-0.1, -0.05) is 13.8 Å². The number of methoxy groups -OCH3 is 1. The minimum absolute atomic E-state index is 0.0203. The number of carbonyl (C=O) groups is 2. The molecule has 0 spiro atoms. The smallest absolute Gasteiger partial charge is 0.257 e. The first-order valence-electron chi connectivity index (χ1n) is 11.4. The lowest BCUT2D eigenvalue weighted by atomic mass is 10.0. The van der Waals surface area contributed by atoms with E-state index >= 15 is 0 Å². The number of fused-ring (bicyclic) bond motifs is 1. The fourth-order valence-electron chi connectivity index (χ4n) is 4.12. The summed E-state index contributed by atoms with van der Waals surface area (Å²) in [6.45, 7) is 9.37. The van der Waals surface area contributed by atoms with Crippen LogP contribution in [0, 0.1) is 11.8 Å². The third kappa shape index (κ3) is 5.98. The number of likely N-dealkylation sites (N-methyl/N-ethyl adjacent to an activating group) is 1. The van der Waals surface area contributed by atoms with Crippen LogP contribution in [0.4, 0.5) is 5.69 Å². The van der Waals surface area contributed by atoms with E-state index in [2.05, 4.69) is 31.0 Å². The first kappa shape index (κ1) is 23.5. The molecule has 1 aromatic carbocycles. The standard InChI is InChI=1S/C24H37N3O4/c1-6-11-27-13-16(2)22(30-5)14-26(4)24(29)20-12-19(25-23(28)18-7-8-18)9-10-21(20)31-15-17(27)3/h9-10,12,16-18,22H,6-8,11,13-15H2,1-5H3,(H,25,28)/t16-,17+,22+/m0/s1. The van der Waals surface area contributed by atoms with Gasteiger partial charge in [-0.3, -0.25) is 14.5 Å². The highest BCUT2D eigenvalue weighted by Crippen LogP contribution is 2.31. The van der Waals surface area contributed by atoms with E-state index in [0.717, 1.165) is 32.4 Å². The number of amides is 2. The Morgan fingerprint density at radius 2 is 2.00 bits per heavy atom. The Labute approximate surface area is 186 Å². The topological polar surface area (TPSA) is 71.1 Å². The summed E-state index contributed by atoms with van der Waals surface area (Å²) in [4.78, 5) is 29.6. The van der Waals surface area contributed by atoms with Crippen LogP contribution >= 0.6 is 0 Å². The van der Waals surface area contributed by atoms with Gasteiger partial charge < -0.3 is 19.7 Å². The van der Waals surface area contributed by atoms with Crippen LogP contribution in [0.25, 0.3) is 0 Å². The first-order valence-corrected chi connectivity index (χ1v) is 11.4. The molecule has 7 nitrogen and oxygen atoms in total. The van der Waals surface area contributed by atoms with Crippen molar-refractivity contribution < 1.29 is 19.1 Å². The van der Waals surface area contributed by atoms with E-state index in [9.17, 15) is 9.59 Å². The summed E-state index contributed by atoms with van der Waals surface area (Å²) in [5.41, 5.74) is 1.10. The van der Waals surface area contributed by atoms with Crippen molar-refractivity contribution in [2.24, 2.45) is 11.8 Å². The molecule has 2 aliphatic rings. The van der Waals surface area contributed by atoms with Crippen LogP contribution in [-0.4, -0.2) is 74.2 Å². The first-order chi connectivity index (χ1) is 14.8. The SMILES string of the molecule is CCCN1C[C@H](C)[C@H](OC)CN(C)C(=O)c2cc(NC(=O)C3CC3)ccc2OC[C@H]1C. The molecule has 31 heavy (non-hydrogen) atoms. The number of anilines is 1. The van der Waals surface area contributed by atoms with Gasteiger partial charge >= 0.3 is 0 Å². The van der Waals surface area contributed by atoms with Crippen LogP contribution in [0.15, 0.2) is 18.2 Å². The van der Waals surface area contributed by atoms with Crippen molar-refractivity contribution in [1.82, 2.24) is 9.80 Å². The van der Waals surface area contributed by atoms with Crippen LogP contribution in [0.5, 0.6) is 5.75 Å². The Hall–Kier alpha value is -2.12. The molecular formula is C24H37N3O4. The number of hydrogen-bond acceptors (Lipinski definition) is 5. The van der Waals surface area contributed by atoms with Crippen molar-refractivity contribution in [2.45, 2.75) is 52.2 Å². The molecule has 172 valence electrons. The summed E-state index contributed by atoms with van der Waals surface area (Å²) in [5, 5.41) is 2.94. The van der Waals surface area contributed by atoms with Crippen molar-refractivity contribution in [2.75, 3.05) is 45.7 Å². The largest absolute Gasteiger partial charge is 0.491 e. The second-order valence-corrected chi connectivity index (χ2v) is 9.07. The monoisotopic (exact) mass is 431 g/mol. The molecule has 3 rings (SSSR count). The second-order valence-electron chi connectivity index (χ2n) is 9.07. The molecule has 0 bridgehead atoms. The predicted molar refractivity (Wildman–Crippen MR) is 122 cm³/mol. The predicted octanol–water partition coefficient (Wildman–Crippen LogP) is 3.25. The summed E-state index contributed by atoms with van der Waals surface area (Å²) in [6, 6.07) is 5.55. The maximum absolute atomic E-state index is 13.3. The van der Waals surface area contributed by atoms with E-state index in [-0.39, 0.29) is 35.8 Å². The lowest BCUT2D eigenvalue weighted by molar-refractivity contribution is -0.117. The number of nitrogens with zero attached hydrogens (tertiary/aromatic N) is 2. The molecule has 2 amide bonds. The maximum Gasteiger partial charge on any atom is 0.257 e.